The van der Waals surface area contributed by atoms with Crippen molar-refractivity contribution >= 4 is 16.8 Å². The molecule has 0 atom stereocenters. The normalized spacial score (nSPS) is 15.5. The van der Waals surface area contributed by atoms with Gasteiger partial charge >= 0.3 is 6.18 Å². The van der Waals surface area contributed by atoms with Crippen LogP contribution in [0, 0.1) is 5.82 Å². The lowest BCUT2D eigenvalue weighted by molar-refractivity contribution is -0.158. The quantitative estimate of drug-likeness (QED) is 0.862. The number of hydrogen-bond acceptors (Lipinski definition) is 3. The van der Waals surface area contributed by atoms with Gasteiger partial charge in [0.15, 0.2) is 0 Å². The number of rotatable bonds is 4. The molecule has 1 saturated heterocycles. The molecule has 1 fully saturated rings. The summed E-state index contributed by atoms with van der Waals surface area (Å²) in [5, 5.41) is 7.69. The lowest BCUT2D eigenvalue weighted by atomic mass is 9.96. The molecule has 1 aromatic heterocycles. The van der Waals surface area contributed by atoms with Crippen molar-refractivity contribution in [1.82, 2.24) is 20.0 Å². The topological polar surface area (TPSA) is 50.2 Å². The Bertz CT molecular complexity index is 767. The monoisotopic (exact) mass is 344 g/mol. The Kier molecular flexibility index (Phi) is 4.20. The molecule has 0 spiro atoms. The highest BCUT2D eigenvalue weighted by Crippen LogP contribution is 2.29. The molecule has 2 heterocycles. The van der Waals surface area contributed by atoms with Crippen LogP contribution in [0.3, 0.4) is 0 Å². The van der Waals surface area contributed by atoms with E-state index >= 15 is 0 Å². The van der Waals surface area contributed by atoms with Crippen LogP contribution in [0.15, 0.2) is 18.2 Å². The third-order valence-corrected chi connectivity index (χ3v) is 4.05. The minimum Gasteiger partial charge on any atom is -0.335 e. The predicted molar refractivity (Wildman–Crippen MR) is 79.0 cm³/mol. The Morgan fingerprint density at radius 1 is 1.42 bits per heavy atom. The van der Waals surface area contributed by atoms with Gasteiger partial charge in [-0.1, -0.05) is 6.07 Å². The first-order valence-corrected chi connectivity index (χ1v) is 7.42. The van der Waals surface area contributed by atoms with Crippen molar-refractivity contribution in [2.24, 2.45) is 0 Å². The van der Waals surface area contributed by atoms with E-state index < -0.39 is 24.4 Å². The van der Waals surface area contributed by atoms with Gasteiger partial charge in [0.05, 0.1) is 16.6 Å². The number of likely N-dealkylation sites (N-methyl/N-ethyl adjacent to an activating group) is 1. The Morgan fingerprint density at radius 2 is 2.12 bits per heavy atom. The van der Waals surface area contributed by atoms with Crippen LogP contribution >= 0.6 is 0 Å². The second-order valence-electron chi connectivity index (χ2n) is 5.90. The number of nitrogens with zero attached hydrogens (tertiary/aromatic N) is 3. The van der Waals surface area contributed by atoms with Crippen LogP contribution < -0.4 is 5.32 Å². The molecule has 2 aromatic rings. The van der Waals surface area contributed by atoms with Crippen LogP contribution in [0.1, 0.15) is 11.6 Å². The van der Waals surface area contributed by atoms with Gasteiger partial charge in [0.1, 0.15) is 18.9 Å². The molecule has 0 bridgehead atoms. The largest absolute Gasteiger partial charge is 0.406 e. The van der Waals surface area contributed by atoms with Crippen molar-refractivity contribution in [3.8, 4) is 0 Å². The third kappa shape index (κ3) is 3.21. The van der Waals surface area contributed by atoms with Gasteiger partial charge < -0.3 is 10.2 Å². The number of nitrogens with one attached hydrogen (secondary N) is 1. The second-order valence-corrected chi connectivity index (χ2v) is 5.90. The fourth-order valence-corrected chi connectivity index (χ4v) is 2.71. The van der Waals surface area contributed by atoms with Gasteiger partial charge in [-0.3, -0.25) is 9.48 Å². The molecule has 1 aliphatic heterocycles. The van der Waals surface area contributed by atoms with E-state index in [0.717, 1.165) is 7.05 Å². The van der Waals surface area contributed by atoms with Gasteiger partial charge in [-0.15, -0.1) is 0 Å². The van der Waals surface area contributed by atoms with Crippen molar-refractivity contribution < 1.29 is 22.4 Å². The minimum atomic E-state index is -4.47. The summed E-state index contributed by atoms with van der Waals surface area (Å²) in [5.41, 5.74) is 0.943. The van der Waals surface area contributed by atoms with E-state index in [9.17, 15) is 22.4 Å². The number of hydrogen-bond donors (Lipinski definition) is 1. The number of halogens is 4. The van der Waals surface area contributed by atoms with Crippen LogP contribution in [0.25, 0.3) is 10.9 Å². The number of benzene rings is 1. The van der Waals surface area contributed by atoms with Crippen molar-refractivity contribution in [2.75, 3.05) is 26.7 Å². The van der Waals surface area contributed by atoms with Crippen LogP contribution in [0.5, 0.6) is 0 Å². The smallest absolute Gasteiger partial charge is 0.335 e. The second kappa shape index (κ2) is 6.04. The summed E-state index contributed by atoms with van der Waals surface area (Å²) in [7, 11) is 1.08. The standard InChI is InChI=1S/C15H16F4N4O/c1-22(8-15(17,18)19)12(24)7-23-11-4-2-3-10(16)13(11)14(21-23)9-5-20-6-9/h2-4,9,20H,5-8H2,1H3. The predicted octanol–water partition coefficient (Wildman–Crippen LogP) is 1.88. The molecule has 5 nitrogen and oxygen atoms in total. The summed E-state index contributed by atoms with van der Waals surface area (Å²) in [4.78, 5) is 12.6. The fourth-order valence-electron chi connectivity index (χ4n) is 2.71. The molecule has 3 rings (SSSR count). The van der Waals surface area contributed by atoms with Crippen molar-refractivity contribution in [2.45, 2.75) is 18.6 Å². The molecule has 1 N–H and O–H groups in total. The van der Waals surface area contributed by atoms with Crippen LogP contribution in [0.2, 0.25) is 0 Å². The van der Waals surface area contributed by atoms with Gasteiger partial charge in [-0.05, 0) is 12.1 Å². The van der Waals surface area contributed by atoms with Gasteiger partial charge in [0.25, 0.3) is 0 Å². The molecule has 0 radical (unpaired) electrons. The van der Waals surface area contributed by atoms with E-state index in [0.29, 0.717) is 34.6 Å². The molecule has 130 valence electrons. The van der Waals surface area contributed by atoms with Crippen molar-refractivity contribution in [3.63, 3.8) is 0 Å². The van der Waals surface area contributed by atoms with Gasteiger partial charge in [0.2, 0.25) is 5.91 Å². The molecule has 0 unspecified atom stereocenters. The maximum absolute atomic E-state index is 14.2. The zero-order valence-corrected chi connectivity index (χ0v) is 12.9. The number of alkyl halides is 3. The van der Waals surface area contributed by atoms with Crippen LogP contribution in [-0.4, -0.2) is 53.4 Å². The lowest BCUT2D eigenvalue weighted by Gasteiger charge is -2.25. The summed E-state index contributed by atoms with van der Waals surface area (Å²) in [5.74, 6) is -1.15. The van der Waals surface area contributed by atoms with Crippen molar-refractivity contribution in [3.05, 3.63) is 29.7 Å². The van der Waals surface area contributed by atoms with E-state index in [4.69, 9.17) is 0 Å². The highest BCUT2D eigenvalue weighted by molar-refractivity contribution is 5.85. The average molecular weight is 344 g/mol. The zero-order chi connectivity index (χ0) is 17.5. The lowest BCUT2D eigenvalue weighted by Crippen LogP contribution is -2.40. The number of carbonyl (C=O) groups is 1. The molecule has 0 saturated carbocycles. The number of aromatic nitrogens is 2. The van der Waals surface area contributed by atoms with E-state index in [1.54, 1.807) is 6.07 Å². The Hall–Kier alpha value is -2.16. The Balaban J connectivity index is 1.90. The summed E-state index contributed by atoms with van der Waals surface area (Å²) < 4.78 is 52.7. The van der Waals surface area contributed by atoms with E-state index in [1.807, 2.05) is 0 Å². The summed E-state index contributed by atoms with van der Waals surface area (Å²) >= 11 is 0. The molecule has 1 aliphatic rings. The van der Waals surface area contributed by atoms with Crippen molar-refractivity contribution in [1.29, 1.82) is 0 Å². The molecule has 24 heavy (non-hydrogen) atoms. The molecule has 0 aliphatic carbocycles. The highest BCUT2D eigenvalue weighted by atomic mass is 19.4. The van der Waals surface area contributed by atoms with Crippen LogP contribution in [0.4, 0.5) is 17.6 Å². The molecule has 9 heteroatoms. The molecule has 1 amide bonds. The first-order valence-electron chi connectivity index (χ1n) is 7.42. The SMILES string of the molecule is CN(CC(F)(F)F)C(=O)Cn1nc(C2CNC2)c2c(F)cccc21. The molecule has 1 aromatic carbocycles. The maximum atomic E-state index is 14.2. The zero-order valence-electron chi connectivity index (χ0n) is 12.9. The van der Waals surface area contributed by atoms with Gasteiger partial charge in [0, 0.05) is 26.1 Å². The number of fused-ring (bicyclic) bond motifs is 1. The van der Waals surface area contributed by atoms with E-state index in [2.05, 4.69) is 10.4 Å². The van der Waals surface area contributed by atoms with Gasteiger partial charge in [-0.2, -0.15) is 18.3 Å². The Morgan fingerprint density at radius 3 is 2.71 bits per heavy atom. The summed E-state index contributed by atoms with van der Waals surface area (Å²) in [6, 6.07) is 4.40. The number of amides is 1. The summed E-state index contributed by atoms with van der Waals surface area (Å²) in [6.07, 6.45) is -4.47. The minimum absolute atomic E-state index is 0.0358. The first kappa shape index (κ1) is 16.7. The fraction of sp³-hybridized carbons (Fsp3) is 0.467. The summed E-state index contributed by atoms with van der Waals surface area (Å²) in [6.45, 7) is -0.393. The third-order valence-electron chi connectivity index (χ3n) is 4.05. The van der Waals surface area contributed by atoms with Crippen LogP contribution in [-0.2, 0) is 11.3 Å². The highest BCUT2D eigenvalue weighted by Gasteiger charge is 2.32. The maximum Gasteiger partial charge on any atom is 0.406 e. The molecular formula is C15H16F4N4O. The number of carbonyl (C=O) groups excluding carboxylic acids is 1. The first-order chi connectivity index (χ1) is 11.3. The Labute approximate surface area is 135 Å². The van der Waals surface area contributed by atoms with E-state index in [1.165, 1.54) is 16.8 Å². The molecular weight excluding hydrogens is 328 g/mol. The average Bonchev–Trinajstić information content (AvgIpc) is 2.75. The van der Waals surface area contributed by atoms with E-state index in [-0.39, 0.29) is 12.5 Å². The van der Waals surface area contributed by atoms with Gasteiger partial charge in [-0.25, -0.2) is 4.39 Å².